The summed E-state index contributed by atoms with van der Waals surface area (Å²) in [4.78, 5) is 26.9. The van der Waals surface area contributed by atoms with Crippen LogP contribution in [0.4, 0.5) is 11.4 Å². The summed E-state index contributed by atoms with van der Waals surface area (Å²) in [6.45, 7) is 15.1. The van der Waals surface area contributed by atoms with Gasteiger partial charge in [-0.15, -0.1) is 0 Å². The van der Waals surface area contributed by atoms with E-state index in [2.05, 4.69) is 51.2 Å². The standard InChI is InChI=1S/C42H70N2O4/c1-7-11-13-15-16-17-18-19-20-21-22-23-24-26-31-44(47-10-4,48-35-38-33-36(5)32-37(6)34-38)40-29-27-28-39(41(40)42(45)46-9-3)43-30-25-14-12-8-2/h27-29,32-34H,7-26,30-31,35H2,1-6H3/p+1. The number of nitrogens with one attached hydrogen (secondary N) is 1. The molecule has 0 saturated heterocycles. The zero-order valence-electron chi connectivity index (χ0n) is 31.8. The van der Waals surface area contributed by atoms with Crippen LogP contribution in [0.2, 0.25) is 0 Å². The first-order valence-electron chi connectivity index (χ1n) is 19.7. The fourth-order valence-corrected chi connectivity index (χ4v) is 6.64. The molecular weight excluding hydrogens is 596 g/mol. The summed E-state index contributed by atoms with van der Waals surface area (Å²) in [6, 6.07) is 12.5. The first-order chi connectivity index (χ1) is 23.4. The molecule has 0 heterocycles. The molecule has 0 aromatic heterocycles. The van der Waals surface area contributed by atoms with E-state index in [1.807, 2.05) is 32.0 Å². The molecule has 0 saturated carbocycles. The summed E-state index contributed by atoms with van der Waals surface area (Å²) in [7, 11) is 0. The highest BCUT2D eigenvalue weighted by molar-refractivity contribution is 6.01. The van der Waals surface area contributed by atoms with Crippen LogP contribution in [0.25, 0.3) is 0 Å². The molecule has 2 rings (SSSR count). The molecule has 0 aliphatic carbocycles. The highest BCUT2D eigenvalue weighted by atomic mass is 17.0. The number of carbonyl (C=O) groups excluding carboxylic acids is 1. The molecule has 6 nitrogen and oxygen atoms in total. The van der Waals surface area contributed by atoms with E-state index in [4.69, 9.17) is 14.4 Å². The number of hydroxylamine groups is 2. The molecule has 1 N–H and O–H groups in total. The number of carbonyl (C=O) groups is 1. The van der Waals surface area contributed by atoms with E-state index in [-0.39, 0.29) is 10.8 Å². The van der Waals surface area contributed by atoms with Crippen molar-refractivity contribution in [2.75, 3.05) is 31.6 Å². The van der Waals surface area contributed by atoms with Crippen molar-refractivity contribution in [3.8, 4) is 0 Å². The van der Waals surface area contributed by atoms with Crippen molar-refractivity contribution in [1.29, 1.82) is 0 Å². The third-order valence-corrected chi connectivity index (χ3v) is 9.10. The smallest absolute Gasteiger partial charge is 0.346 e. The summed E-state index contributed by atoms with van der Waals surface area (Å²) >= 11 is 0. The van der Waals surface area contributed by atoms with Crippen LogP contribution in [0.1, 0.15) is 170 Å². The fourth-order valence-electron chi connectivity index (χ4n) is 6.64. The number of rotatable bonds is 29. The van der Waals surface area contributed by atoms with Gasteiger partial charge in [0.1, 0.15) is 25.3 Å². The van der Waals surface area contributed by atoms with Crippen LogP contribution < -0.4 is 10.1 Å². The normalized spacial score (nSPS) is 12.6. The van der Waals surface area contributed by atoms with Crippen LogP contribution in [0.3, 0.4) is 0 Å². The van der Waals surface area contributed by atoms with Crippen LogP contribution in [-0.4, -0.2) is 32.3 Å². The van der Waals surface area contributed by atoms with E-state index < -0.39 is 0 Å². The summed E-state index contributed by atoms with van der Waals surface area (Å²) in [5.41, 5.74) is 5.49. The Balaban J connectivity index is 2.18. The quantitative estimate of drug-likeness (QED) is 0.0405. The minimum atomic E-state index is -0.345. The zero-order valence-corrected chi connectivity index (χ0v) is 31.8. The second-order valence-corrected chi connectivity index (χ2v) is 13.6. The summed E-state index contributed by atoms with van der Waals surface area (Å²) in [6.07, 6.45) is 22.8. The number of ether oxygens (including phenoxy) is 1. The molecule has 0 amide bonds. The molecule has 0 fully saturated rings. The molecule has 1 unspecified atom stereocenters. The average Bonchev–Trinajstić information content (AvgIpc) is 3.06. The highest BCUT2D eigenvalue weighted by Crippen LogP contribution is 2.36. The Hall–Kier alpha value is -2.41. The van der Waals surface area contributed by atoms with Crippen LogP contribution in [0.15, 0.2) is 36.4 Å². The van der Waals surface area contributed by atoms with Crippen LogP contribution in [0.5, 0.6) is 0 Å². The predicted molar refractivity (Wildman–Crippen MR) is 204 cm³/mol. The molecule has 48 heavy (non-hydrogen) atoms. The third kappa shape index (κ3) is 15.9. The minimum Gasteiger partial charge on any atom is -0.462 e. The Morgan fingerprint density at radius 3 is 1.73 bits per heavy atom. The van der Waals surface area contributed by atoms with Crippen molar-refractivity contribution in [2.24, 2.45) is 0 Å². The molecule has 1 atom stereocenters. The van der Waals surface area contributed by atoms with Gasteiger partial charge in [-0.05, 0) is 57.0 Å². The van der Waals surface area contributed by atoms with E-state index in [0.29, 0.717) is 37.6 Å². The van der Waals surface area contributed by atoms with Gasteiger partial charge in [0.15, 0.2) is 0 Å². The molecular formula is C42H71N2O4+. The number of aryl methyl sites for hydroxylation is 2. The Morgan fingerprint density at radius 1 is 0.646 bits per heavy atom. The molecule has 2 aromatic carbocycles. The molecule has 0 radical (unpaired) electrons. The van der Waals surface area contributed by atoms with E-state index in [9.17, 15) is 4.79 Å². The van der Waals surface area contributed by atoms with Gasteiger partial charge < -0.3 is 10.1 Å². The van der Waals surface area contributed by atoms with Crippen LogP contribution >= 0.6 is 0 Å². The number of hydrogen-bond acceptors (Lipinski definition) is 5. The molecule has 2 aromatic rings. The monoisotopic (exact) mass is 668 g/mol. The lowest BCUT2D eigenvalue weighted by Gasteiger charge is -2.33. The van der Waals surface area contributed by atoms with Crippen molar-refractivity contribution in [3.05, 3.63) is 58.7 Å². The largest absolute Gasteiger partial charge is 0.462 e. The van der Waals surface area contributed by atoms with E-state index >= 15 is 0 Å². The Labute approximate surface area is 294 Å². The summed E-state index contributed by atoms with van der Waals surface area (Å²) < 4.78 is 5.65. The van der Waals surface area contributed by atoms with Gasteiger partial charge in [0.25, 0.3) is 0 Å². The highest BCUT2D eigenvalue weighted by Gasteiger charge is 2.41. The van der Waals surface area contributed by atoms with Gasteiger partial charge in [0, 0.05) is 19.0 Å². The SMILES string of the molecule is CCCCCCCCCCCCCCCC[N+](OCC)(OCc1cc(C)cc(C)c1)c1cccc(NCCCCCC)c1C(=O)OCC. The summed E-state index contributed by atoms with van der Waals surface area (Å²) in [5, 5.41) is 3.55. The first-order valence-corrected chi connectivity index (χ1v) is 19.7. The first kappa shape index (κ1) is 41.8. The topological polar surface area (TPSA) is 56.8 Å². The van der Waals surface area contributed by atoms with Crippen molar-refractivity contribution in [3.63, 3.8) is 0 Å². The summed E-state index contributed by atoms with van der Waals surface area (Å²) in [5.74, 6) is -0.345. The number of quaternary nitrogens is 1. The molecule has 272 valence electrons. The molecule has 0 aliphatic rings. The number of nitrogens with zero attached hydrogens (tertiary/aromatic N) is 1. The second kappa shape index (κ2) is 25.5. The van der Waals surface area contributed by atoms with E-state index in [1.54, 1.807) is 0 Å². The Bertz CT molecular complexity index is 1120. The fraction of sp³-hybridized carbons (Fsp3) is 0.690. The van der Waals surface area contributed by atoms with Crippen LogP contribution in [0, 0.1) is 13.8 Å². The van der Waals surface area contributed by atoms with Gasteiger partial charge in [-0.2, -0.15) is 9.68 Å². The maximum absolute atomic E-state index is 13.7. The minimum absolute atomic E-state index is 0.165. The lowest BCUT2D eigenvalue weighted by atomic mass is 10.0. The predicted octanol–water partition coefficient (Wildman–Crippen LogP) is 12.3. The van der Waals surface area contributed by atoms with Crippen molar-refractivity contribution in [2.45, 2.75) is 164 Å². The average molecular weight is 668 g/mol. The van der Waals surface area contributed by atoms with Gasteiger partial charge >= 0.3 is 5.97 Å². The van der Waals surface area contributed by atoms with Crippen molar-refractivity contribution in [1.82, 2.24) is 4.81 Å². The van der Waals surface area contributed by atoms with E-state index in [0.717, 1.165) is 43.5 Å². The van der Waals surface area contributed by atoms with Crippen molar-refractivity contribution < 1.29 is 19.2 Å². The number of anilines is 1. The van der Waals surface area contributed by atoms with Gasteiger partial charge in [0.2, 0.25) is 5.69 Å². The molecule has 0 aliphatic heterocycles. The second-order valence-electron chi connectivity index (χ2n) is 13.6. The maximum atomic E-state index is 13.7. The Kier molecular flexibility index (Phi) is 22.2. The Morgan fingerprint density at radius 2 is 1.19 bits per heavy atom. The van der Waals surface area contributed by atoms with Gasteiger partial charge in [-0.1, -0.05) is 146 Å². The van der Waals surface area contributed by atoms with Gasteiger partial charge in [0.05, 0.1) is 12.3 Å². The third-order valence-electron chi connectivity index (χ3n) is 9.10. The number of unbranched alkanes of at least 4 members (excludes halogenated alkanes) is 16. The lowest BCUT2D eigenvalue weighted by molar-refractivity contribution is -0.357. The molecule has 0 spiro atoms. The van der Waals surface area contributed by atoms with Crippen LogP contribution in [-0.2, 0) is 21.0 Å². The van der Waals surface area contributed by atoms with Crippen molar-refractivity contribution >= 4 is 17.3 Å². The van der Waals surface area contributed by atoms with Gasteiger partial charge in [-0.3, -0.25) is 0 Å². The number of benzene rings is 2. The van der Waals surface area contributed by atoms with E-state index in [1.165, 1.54) is 101 Å². The van der Waals surface area contributed by atoms with Gasteiger partial charge in [-0.25, -0.2) is 4.79 Å². The maximum Gasteiger partial charge on any atom is 0.346 e. The zero-order chi connectivity index (χ0) is 34.9. The number of esters is 1. The molecule has 6 heteroatoms. The molecule has 0 bridgehead atoms. The lowest BCUT2D eigenvalue weighted by Crippen LogP contribution is -2.50. The number of hydrogen-bond donors (Lipinski definition) is 1.